The van der Waals surface area contributed by atoms with Crippen molar-refractivity contribution in [2.24, 2.45) is 0 Å². The van der Waals surface area contributed by atoms with Crippen molar-refractivity contribution in [1.82, 2.24) is 0 Å². The van der Waals surface area contributed by atoms with E-state index in [0.717, 1.165) is 11.1 Å². The Bertz CT molecular complexity index is 365. The van der Waals surface area contributed by atoms with Gasteiger partial charge in [-0.1, -0.05) is 12.1 Å². The first kappa shape index (κ1) is 9.86. The molecule has 4 nitrogen and oxygen atoms in total. The Labute approximate surface area is 87.7 Å². The summed E-state index contributed by atoms with van der Waals surface area (Å²) in [5.74, 6) is 0.633. The highest BCUT2D eigenvalue weighted by molar-refractivity contribution is 5.37. The second-order valence-corrected chi connectivity index (χ2v) is 3.11. The lowest BCUT2D eigenvalue weighted by Gasteiger charge is -2.13. The maximum Gasteiger partial charge on any atom is 0.266 e. The maximum atomic E-state index is 9.05. The molecule has 0 spiro atoms. The lowest BCUT2D eigenvalue weighted by atomic mass is 10.1. The van der Waals surface area contributed by atoms with Crippen LogP contribution in [0.5, 0.6) is 5.75 Å². The van der Waals surface area contributed by atoms with Crippen LogP contribution in [0.25, 0.3) is 0 Å². The number of aliphatic hydroxyl groups excluding tert-OH is 1. The van der Waals surface area contributed by atoms with E-state index in [0.29, 0.717) is 5.75 Å². The highest BCUT2D eigenvalue weighted by Gasteiger charge is 2.17. The van der Waals surface area contributed by atoms with Crippen LogP contribution < -0.4 is 4.74 Å². The van der Waals surface area contributed by atoms with Crippen LogP contribution in [0.1, 0.15) is 17.4 Å². The molecular formula is C11H12O4. The van der Waals surface area contributed by atoms with Crippen LogP contribution >= 0.6 is 0 Å². The Balaban J connectivity index is 2.26. The van der Waals surface area contributed by atoms with Crippen LogP contribution in [0, 0.1) is 0 Å². The van der Waals surface area contributed by atoms with Gasteiger partial charge >= 0.3 is 0 Å². The van der Waals surface area contributed by atoms with Crippen LogP contribution in [0.15, 0.2) is 30.7 Å². The minimum Gasteiger partial charge on any atom is -0.496 e. The summed E-state index contributed by atoms with van der Waals surface area (Å²) in [6, 6.07) is 5.42. The molecule has 4 heteroatoms. The van der Waals surface area contributed by atoms with E-state index in [2.05, 4.69) is 0 Å². The molecule has 0 fully saturated rings. The second kappa shape index (κ2) is 4.23. The third kappa shape index (κ3) is 1.89. The minimum atomic E-state index is -0.411. The average Bonchev–Trinajstić information content (AvgIpc) is 2.81. The van der Waals surface area contributed by atoms with Crippen molar-refractivity contribution in [2.75, 3.05) is 7.11 Å². The van der Waals surface area contributed by atoms with E-state index >= 15 is 0 Å². The molecule has 1 aromatic rings. The Morgan fingerprint density at radius 2 is 2.07 bits per heavy atom. The van der Waals surface area contributed by atoms with Crippen molar-refractivity contribution in [1.29, 1.82) is 0 Å². The first-order valence-corrected chi connectivity index (χ1v) is 4.59. The standard InChI is InChI=1S/C11H12O4/c1-13-10-6-8(2-3-9(10)7-12)11-14-4-5-15-11/h2-6,11-12H,7H2,1H3. The zero-order valence-electron chi connectivity index (χ0n) is 8.34. The summed E-state index contributed by atoms with van der Waals surface area (Å²) in [4.78, 5) is 0. The van der Waals surface area contributed by atoms with E-state index < -0.39 is 6.29 Å². The highest BCUT2D eigenvalue weighted by Crippen LogP contribution is 2.29. The smallest absolute Gasteiger partial charge is 0.266 e. The first-order valence-electron chi connectivity index (χ1n) is 4.59. The molecule has 0 bridgehead atoms. The summed E-state index contributed by atoms with van der Waals surface area (Å²) in [5, 5.41) is 9.05. The van der Waals surface area contributed by atoms with E-state index in [4.69, 9.17) is 19.3 Å². The molecule has 1 aliphatic heterocycles. The fourth-order valence-corrected chi connectivity index (χ4v) is 1.43. The number of ether oxygens (including phenoxy) is 3. The molecule has 0 saturated heterocycles. The van der Waals surface area contributed by atoms with Crippen molar-refractivity contribution in [2.45, 2.75) is 12.9 Å². The van der Waals surface area contributed by atoms with Crippen molar-refractivity contribution in [3.63, 3.8) is 0 Å². The van der Waals surface area contributed by atoms with Gasteiger partial charge in [0.05, 0.1) is 13.7 Å². The summed E-state index contributed by atoms with van der Waals surface area (Å²) in [7, 11) is 1.56. The van der Waals surface area contributed by atoms with Crippen molar-refractivity contribution in [3.8, 4) is 5.75 Å². The number of benzene rings is 1. The average molecular weight is 208 g/mol. The van der Waals surface area contributed by atoms with Crippen LogP contribution in [0.4, 0.5) is 0 Å². The molecule has 1 aliphatic rings. The summed E-state index contributed by atoms with van der Waals surface area (Å²) in [6.07, 6.45) is 2.58. The van der Waals surface area contributed by atoms with Gasteiger partial charge in [-0.25, -0.2) is 0 Å². The van der Waals surface area contributed by atoms with E-state index in [1.165, 1.54) is 12.5 Å². The van der Waals surface area contributed by atoms with Gasteiger partial charge in [0.1, 0.15) is 18.3 Å². The molecule has 0 atom stereocenters. The van der Waals surface area contributed by atoms with Crippen molar-refractivity contribution < 1.29 is 19.3 Å². The van der Waals surface area contributed by atoms with Gasteiger partial charge in [0.15, 0.2) is 0 Å². The molecular weight excluding hydrogens is 196 g/mol. The van der Waals surface area contributed by atoms with Crippen LogP contribution in [-0.2, 0) is 16.1 Å². The lowest BCUT2D eigenvalue weighted by molar-refractivity contribution is -0.0247. The third-order valence-corrected chi connectivity index (χ3v) is 2.21. The van der Waals surface area contributed by atoms with Gasteiger partial charge in [0.25, 0.3) is 6.29 Å². The van der Waals surface area contributed by atoms with E-state index in [9.17, 15) is 0 Å². The van der Waals surface area contributed by atoms with E-state index in [-0.39, 0.29) is 6.61 Å². The quantitative estimate of drug-likeness (QED) is 0.821. The molecule has 1 heterocycles. The summed E-state index contributed by atoms with van der Waals surface area (Å²) in [5.41, 5.74) is 1.60. The number of methoxy groups -OCH3 is 1. The monoisotopic (exact) mass is 208 g/mol. The molecule has 0 unspecified atom stereocenters. The fraction of sp³-hybridized carbons (Fsp3) is 0.273. The molecule has 0 aromatic heterocycles. The maximum absolute atomic E-state index is 9.05. The number of rotatable bonds is 3. The lowest BCUT2D eigenvalue weighted by Crippen LogP contribution is -2.00. The molecule has 2 rings (SSSR count). The normalized spacial score (nSPS) is 14.8. The van der Waals surface area contributed by atoms with Gasteiger partial charge < -0.3 is 19.3 Å². The Morgan fingerprint density at radius 3 is 2.67 bits per heavy atom. The topological polar surface area (TPSA) is 47.9 Å². The number of hydrogen-bond acceptors (Lipinski definition) is 4. The van der Waals surface area contributed by atoms with Gasteiger partial charge in [0, 0.05) is 11.1 Å². The largest absolute Gasteiger partial charge is 0.496 e. The molecule has 15 heavy (non-hydrogen) atoms. The van der Waals surface area contributed by atoms with Gasteiger partial charge in [-0.15, -0.1) is 0 Å². The molecule has 1 aromatic carbocycles. The molecule has 1 N–H and O–H groups in total. The minimum absolute atomic E-state index is 0.0475. The third-order valence-electron chi connectivity index (χ3n) is 2.21. The Morgan fingerprint density at radius 1 is 1.33 bits per heavy atom. The summed E-state index contributed by atoms with van der Waals surface area (Å²) >= 11 is 0. The zero-order valence-corrected chi connectivity index (χ0v) is 8.34. The van der Waals surface area contributed by atoms with Gasteiger partial charge in [0.2, 0.25) is 0 Å². The first-order chi connectivity index (χ1) is 7.35. The summed E-state index contributed by atoms with van der Waals surface area (Å²) < 4.78 is 15.5. The highest BCUT2D eigenvalue weighted by atomic mass is 16.7. The predicted octanol–water partition coefficient (Wildman–Crippen LogP) is 1.70. The Hall–Kier alpha value is -1.68. The molecule has 0 radical (unpaired) electrons. The van der Waals surface area contributed by atoms with E-state index in [1.807, 2.05) is 6.07 Å². The molecule has 80 valence electrons. The van der Waals surface area contributed by atoms with Gasteiger partial charge in [-0.05, 0) is 6.07 Å². The van der Waals surface area contributed by atoms with Gasteiger partial charge in [-0.3, -0.25) is 0 Å². The van der Waals surface area contributed by atoms with Gasteiger partial charge in [-0.2, -0.15) is 0 Å². The van der Waals surface area contributed by atoms with Crippen molar-refractivity contribution >= 4 is 0 Å². The van der Waals surface area contributed by atoms with Crippen molar-refractivity contribution in [3.05, 3.63) is 41.9 Å². The van der Waals surface area contributed by atoms with Crippen LogP contribution in [-0.4, -0.2) is 12.2 Å². The Kier molecular flexibility index (Phi) is 2.78. The summed E-state index contributed by atoms with van der Waals surface area (Å²) in [6.45, 7) is -0.0475. The fourth-order valence-electron chi connectivity index (χ4n) is 1.43. The van der Waals surface area contributed by atoms with E-state index in [1.54, 1.807) is 19.2 Å². The molecule has 0 aliphatic carbocycles. The predicted molar refractivity (Wildman–Crippen MR) is 53.0 cm³/mol. The molecule has 0 amide bonds. The zero-order chi connectivity index (χ0) is 10.7. The second-order valence-electron chi connectivity index (χ2n) is 3.11. The molecule has 0 saturated carbocycles. The SMILES string of the molecule is COc1cc(C2OC=CO2)ccc1CO. The van der Waals surface area contributed by atoms with Crippen LogP contribution in [0.3, 0.4) is 0 Å². The number of aliphatic hydroxyl groups is 1. The number of hydrogen-bond donors (Lipinski definition) is 1. The van der Waals surface area contributed by atoms with Crippen LogP contribution in [0.2, 0.25) is 0 Å².